The largest absolute Gasteiger partial charge is 0.467 e. The third-order valence-corrected chi connectivity index (χ3v) is 4.26. The molecule has 1 N–H and O–H groups in total. The van der Waals surface area contributed by atoms with Gasteiger partial charge in [-0.25, -0.2) is 8.42 Å². The number of carbonyl (C=O) groups is 1. The zero-order valence-corrected chi connectivity index (χ0v) is 11.8. The van der Waals surface area contributed by atoms with E-state index in [-0.39, 0.29) is 23.7 Å². The molecule has 0 radical (unpaired) electrons. The average molecular weight is 307 g/mol. The highest BCUT2D eigenvalue weighted by molar-refractivity contribution is 7.90. The Bertz CT molecular complexity index is 744. The van der Waals surface area contributed by atoms with Gasteiger partial charge in [0, 0.05) is 12.7 Å². The third-order valence-electron chi connectivity index (χ3n) is 3.11. The molecule has 0 unspecified atom stereocenters. The standard InChI is InChI=1S/C13H13N3O4S/c17-13(14-9-10-3-2-7-20-10)11-4-1-5-16-6-8-21(18,19)15-12(11)16/h1-5,7H,6,8-9H2,(H,14,17). The molecule has 2 aliphatic heterocycles. The highest BCUT2D eigenvalue weighted by Gasteiger charge is 2.29. The van der Waals surface area contributed by atoms with Crippen LogP contribution < -0.4 is 5.32 Å². The second-order valence-electron chi connectivity index (χ2n) is 4.58. The number of rotatable bonds is 3. The molecule has 0 atom stereocenters. The highest BCUT2D eigenvalue weighted by atomic mass is 32.2. The SMILES string of the molecule is O=C(NCc1ccco1)C1=CC=CN2CCS(=O)(=O)N=C12. The second-order valence-corrected chi connectivity index (χ2v) is 6.33. The van der Waals surface area contributed by atoms with Crippen LogP contribution in [-0.4, -0.2) is 37.4 Å². The minimum Gasteiger partial charge on any atom is -0.467 e. The molecule has 0 bridgehead atoms. The smallest absolute Gasteiger partial charge is 0.256 e. The van der Waals surface area contributed by atoms with Gasteiger partial charge in [-0.2, -0.15) is 0 Å². The molecular formula is C13H13N3O4S. The molecule has 0 aromatic carbocycles. The van der Waals surface area contributed by atoms with Crippen molar-refractivity contribution in [1.82, 2.24) is 10.2 Å². The first-order valence-electron chi connectivity index (χ1n) is 6.34. The summed E-state index contributed by atoms with van der Waals surface area (Å²) in [7, 11) is -3.50. The number of nitrogens with zero attached hydrogens (tertiary/aromatic N) is 2. The summed E-state index contributed by atoms with van der Waals surface area (Å²) in [6.07, 6.45) is 6.47. The van der Waals surface area contributed by atoms with Crippen molar-refractivity contribution in [3.63, 3.8) is 0 Å². The first kappa shape index (κ1) is 13.6. The lowest BCUT2D eigenvalue weighted by Crippen LogP contribution is -2.42. The minimum atomic E-state index is -3.50. The molecule has 0 spiro atoms. The molecule has 8 heteroatoms. The maximum Gasteiger partial charge on any atom is 0.256 e. The number of fused-ring (bicyclic) bond motifs is 1. The summed E-state index contributed by atoms with van der Waals surface area (Å²) >= 11 is 0. The summed E-state index contributed by atoms with van der Waals surface area (Å²) in [6.45, 7) is 0.521. The topological polar surface area (TPSA) is 92.0 Å². The average Bonchev–Trinajstić information content (AvgIpc) is 2.96. The molecule has 21 heavy (non-hydrogen) atoms. The fourth-order valence-electron chi connectivity index (χ4n) is 2.07. The van der Waals surface area contributed by atoms with Crippen molar-refractivity contribution in [1.29, 1.82) is 0 Å². The quantitative estimate of drug-likeness (QED) is 0.872. The summed E-state index contributed by atoms with van der Waals surface area (Å²) < 4.78 is 32.0. The number of allylic oxidation sites excluding steroid dienone is 2. The lowest BCUT2D eigenvalue weighted by atomic mass is 10.1. The van der Waals surface area contributed by atoms with Crippen molar-refractivity contribution >= 4 is 21.8 Å². The molecule has 3 heterocycles. The van der Waals surface area contributed by atoms with Crippen molar-refractivity contribution in [2.45, 2.75) is 6.54 Å². The molecule has 0 saturated carbocycles. The molecule has 110 valence electrons. The lowest BCUT2D eigenvalue weighted by molar-refractivity contribution is -0.117. The number of nitrogens with one attached hydrogen (secondary N) is 1. The number of carbonyl (C=O) groups excluding carboxylic acids is 1. The Morgan fingerprint density at radius 2 is 2.33 bits per heavy atom. The van der Waals surface area contributed by atoms with Gasteiger partial charge in [-0.15, -0.1) is 4.40 Å². The van der Waals surface area contributed by atoms with E-state index in [1.54, 1.807) is 35.4 Å². The van der Waals surface area contributed by atoms with Crippen LogP contribution in [-0.2, 0) is 21.4 Å². The van der Waals surface area contributed by atoms with E-state index in [0.29, 0.717) is 12.3 Å². The van der Waals surface area contributed by atoms with E-state index in [4.69, 9.17) is 4.42 Å². The van der Waals surface area contributed by atoms with Crippen molar-refractivity contribution in [2.24, 2.45) is 4.40 Å². The van der Waals surface area contributed by atoms with Crippen molar-refractivity contribution in [3.05, 3.63) is 48.1 Å². The fraction of sp³-hybridized carbons (Fsp3) is 0.231. The molecule has 1 aromatic heterocycles. The monoisotopic (exact) mass is 307 g/mol. The van der Waals surface area contributed by atoms with Gasteiger partial charge in [0.05, 0.1) is 24.1 Å². The summed E-state index contributed by atoms with van der Waals surface area (Å²) in [4.78, 5) is 13.9. The zero-order chi connectivity index (χ0) is 14.9. The van der Waals surface area contributed by atoms with Crippen LogP contribution in [0.2, 0.25) is 0 Å². The van der Waals surface area contributed by atoms with Gasteiger partial charge in [0.2, 0.25) is 0 Å². The summed E-state index contributed by atoms with van der Waals surface area (Å²) in [5, 5.41) is 2.68. The van der Waals surface area contributed by atoms with E-state index in [1.807, 2.05) is 0 Å². The van der Waals surface area contributed by atoms with Crippen LogP contribution in [0.4, 0.5) is 0 Å². The fourth-order valence-corrected chi connectivity index (χ4v) is 3.05. The first-order valence-corrected chi connectivity index (χ1v) is 7.95. The van der Waals surface area contributed by atoms with E-state index in [9.17, 15) is 13.2 Å². The zero-order valence-electron chi connectivity index (χ0n) is 11.0. The number of amidine groups is 1. The Hall–Kier alpha value is -2.35. The molecule has 3 rings (SSSR count). The van der Waals surface area contributed by atoms with Crippen molar-refractivity contribution in [2.75, 3.05) is 12.3 Å². The van der Waals surface area contributed by atoms with Gasteiger partial charge < -0.3 is 14.6 Å². The maximum atomic E-state index is 12.2. The number of furan rings is 1. The summed E-state index contributed by atoms with van der Waals surface area (Å²) in [6, 6.07) is 3.47. The van der Waals surface area contributed by atoms with E-state index in [2.05, 4.69) is 9.71 Å². The number of amides is 1. The Morgan fingerprint density at radius 1 is 1.48 bits per heavy atom. The van der Waals surface area contributed by atoms with Crippen LogP contribution in [0.3, 0.4) is 0 Å². The van der Waals surface area contributed by atoms with Gasteiger partial charge >= 0.3 is 0 Å². The van der Waals surface area contributed by atoms with E-state index in [0.717, 1.165) is 0 Å². The van der Waals surface area contributed by atoms with Gasteiger partial charge in [0.15, 0.2) is 5.84 Å². The Kier molecular flexibility index (Phi) is 3.38. The van der Waals surface area contributed by atoms with Crippen molar-refractivity contribution in [3.8, 4) is 0 Å². The summed E-state index contributed by atoms with van der Waals surface area (Å²) in [5.74, 6) is 0.338. The Balaban J connectivity index is 1.80. The molecule has 0 fully saturated rings. The lowest BCUT2D eigenvalue weighted by Gasteiger charge is -2.28. The maximum absolute atomic E-state index is 12.2. The van der Waals surface area contributed by atoms with Gasteiger partial charge in [0.25, 0.3) is 15.9 Å². The Morgan fingerprint density at radius 3 is 3.10 bits per heavy atom. The molecule has 2 aliphatic rings. The van der Waals surface area contributed by atoms with Gasteiger partial charge in [0.1, 0.15) is 5.76 Å². The Labute approximate surface area is 121 Å². The van der Waals surface area contributed by atoms with Crippen LogP contribution >= 0.6 is 0 Å². The van der Waals surface area contributed by atoms with Crippen LogP contribution in [0.5, 0.6) is 0 Å². The molecule has 0 aliphatic carbocycles. The number of hydrogen-bond acceptors (Lipinski definition) is 5. The van der Waals surface area contributed by atoms with Crippen LogP contribution in [0.1, 0.15) is 5.76 Å². The van der Waals surface area contributed by atoms with E-state index >= 15 is 0 Å². The molecular weight excluding hydrogens is 294 g/mol. The number of sulfonamides is 1. The van der Waals surface area contributed by atoms with E-state index in [1.165, 1.54) is 6.26 Å². The normalized spacial score (nSPS) is 19.5. The first-order chi connectivity index (χ1) is 10.1. The molecule has 1 aromatic rings. The van der Waals surface area contributed by atoms with Gasteiger partial charge in [-0.3, -0.25) is 4.79 Å². The van der Waals surface area contributed by atoms with Crippen LogP contribution in [0.15, 0.2) is 51.1 Å². The van der Waals surface area contributed by atoms with Crippen molar-refractivity contribution < 1.29 is 17.6 Å². The number of hydrogen-bond donors (Lipinski definition) is 1. The van der Waals surface area contributed by atoms with Crippen LogP contribution in [0.25, 0.3) is 0 Å². The molecule has 7 nitrogen and oxygen atoms in total. The van der Waals surface area contributed by atoms with Crippen LogP contribution in [0, 0.1) is 0 Å². The van der Waals surface area contributed by atoms with Gasteiger partial charge in [-0.1, -0.05) is 0 Å². The summed E-state index contributed by atoms with van der Waals surface area (Å²) in [5.41, 5.74) is 0.229. The minimum absolute atomic E-state index is 0.0534. The third kappa shape index (κ3) is 2.89. The predicted octanol–water partition coefficient (Wildman–Crippen LogP) is 0.393. The van der Waals surface area contributed by atoms with Gasteiger partial charge in [-0.05, 0) is 24.3 Å². The highest BCUT2D eigenvalue weighted by Crippen LogP contribution is 2.17. The van der Waals surface area contributed by atoms with E-state index < -0.39 is 15.9 Å². The second kappa shape index (κ2) is 5.21. The predicted molar refractivity (Wildman–Crippen MR) is 75.7 cm³/mol. The molecule has 0 saturated heterocycles. The molecule has 1 amide bonds.